The van der Waals surface area contributed by atoms with Gasteiger partial charge in [-0.05, 0) is 27.8 Å². The Bertz CT molecular complexity index is 718. The maximum Gasteiger partial charge on any atom is 0.0340 e. The van der Waals surface area contributed by atoms with Crippen LogP contribution < -0.4 is 0 Å². The van der Waals surface area contributed by atoms with Crippen molar-refractivity contribution >= 4 is 31.9 Å². The van der Waals surface area contributed by atoms with Crippen LogP contribution in [0.4, 0.5) is 0 Å². The minimum Gasteiger partial charge on any atom is -0.0876 e. The Balaban J connectivity index is 2.13. The summed E-state index contributed by atoms with van der Waals surface area (Å²) in [4.78, 5) is 0. The van der Waals surface area contributed by atoms with Crippen molar-refractivity contribution < 1.29 is 0 Å². The molecule has 0 aliphatic heterocycles. The van der Waals surface area contributed by atoms with Crippen molar-refractivity contribution in [3.05, 3.63) is 107 Å². The molecule has 2 heteroatoms. The van der Waals surface area contributed by atoms with Crippen LogP contribution in [0, 0.1) is 0 Å². The van der Waals surface area contributed by atoms with E-state index in [1.54, 1.807) is 0 Å². The van der Waals surface area contributed by atoms with E-state index >= 15 is 0 Å². The Kier molecular flexibility index (Phi) is 5.69. The lowest BCUT2D eigenvalue weighted by molar-refractivity contribution is 0.970. The Morgan fingerprint density at radius 3 is 1.52 bits per heavy atom. The van der Waals surface area contributed by atoms with Crippen LogP contribution >= 0.6 is 31.9 Å². The third kappa shape index (κ3) is 3.94. The predicted octanol–water partition coefficient (Wildman–Crippen LogP) is 6.66. The van der Waals surface area contributed by atoms with Gasteiger partial charge in [0.15, 0.2) is 0 Å². The molecule has 0 bridgehead atoms. The highest BCUT2D eigenvalue weighted by molar-refractivity contribution is 9.08. The third-order valence-electron chi connectivity index (χ3n) is 4.01. The first-order valence-electron chi connectivity index (χ1n) is 7.66. The quantitative estimate of drug-likeness (QED) is 0.314. The van der Waals surface area contributed by atoms with Gasteiger partial charge < -0.3 is 0 Å². The first-order chi connectivity index (χ1) is 11.3. The standard InChI is InChI=1S/C21H18Br2/c22-14-16-6-4-10-19(12-16)21(18-8-2-1-3-9-18)20-11-5-7-17(13-20)15-23/h1-13,21H,14-15H2. The fourth-order valence-corrected chi connectivity index (χ4v) is 3.63. The lowest BCUT2D eigenvalue weighted by Crippen LogP contribution is -2.04. The second kappa shape index (κ2) is 7.94. The van der Waals surface area contributed by atoms with Gasteiger partial charge in [0.05, 0.1) is 0 Å². The predicted molar refractivity (Wildman–Crippen MR) is 106 cm³/mol. The van der Waals surface area contributed by atoms with E-state index in [4.69, 9.17) is 0 Å². The monoisotopic (exact) mass is 428 g/mol. The van der Waals surface area contributed by atoms with Gasteiger partial charge in [-0.15, -0.1) is 0 Å². The van der Waals surface area contributed by atoms with Gasteiger partial charge in [-0.3, -0.25) is 0 Å². The minimum absolute atomic E-state index is 0.259. The summed E-state index contributed by atoms with van der Waals surface area (Å²) in [6, 6.07) is 28.4. The molecule has 116 valence electrons. The average molecular weight is 430 g/mol. The molecule has 0 heterocycles. The summed E-state index contributed by atoms with van der Waals surface area (Å²) >= 11 is 7.14. The van der Waals surface area contributed by atoms with Crippen LogP contribution in [0.15, 0.2) is 78.9 Å². The summed E-state index contributed by atoms with van der Waals surface area (Å²) in [5, 5.41) is 1.76. The van der Waals surface area contributed by atoms with E-state index in [2.05, 4.69) is 111 Å². The van der Waals surface area contributed by atoms with Gasteiger partial charge in [0.2, 0.25) is 0 Å². The zero-order chi connectivity index (χ0) is 16.1. The Morgan fingerprint density at radius 2 is 1.04 bits per heavy atom. The van der Waals surface area contributed by atoms with Crippen molar-refractivity contribution in [3.8, 4) is 0 Å². The Hall–Kier alpha value is -1.38. The number of halogens is 2. The summed E-state index contributed by atoms with van der Waals surface area (Å²) in [6.45, 7) is 0. The lowest BCUT2D eigenvalue weighted by Gasteiger charge is -2.20. The third-order valence-corrected chi connectivity index (χ3v) is 5.31. The van der Waals surface area contributed by atoms with Gasteiger partial charge in [0.1, 0.15) is 0 Å². The number of rotatable bonds is 5. The van der Waals surface area contributed by atoms with E-state index < -0.39 is 0 Å². The molecule has 3 aromatic rings. The molecule has 0 aliphatic rings. The fourth-order valence-electron chi connectivity index (χ4n) is 2.93. The van der Waals surface area contributed by atoms with Gasteiger partial charge in [-0.25, -0.2) is 0 Å². The van der Waals surface area contributed by atoms with E-state index in [0.29, 0.717) is 0 Å². The van der Waals surface area contributed by atoms with Crippen LogP contribution in [0.3, 0.4) is 0 Å². The van der Waals surface area contributed by atoms with Gasteiger partial charge in [-0.1, -0.05) is 111 Å². The molecule has 0 atom stereocenters. The van der Waals surface area contributed by atoms with Gasteiger partial charge in [-0.2, -0.15) is 0 Å². The second-order valence-corrected chi connectivity index (χ2v) is 6.72. The molecule has 0 unspecified atom stereocenters. The number of hydrogen-bond donors (Lipinski definition) is 0. The smallest absolute Gasteiger partial charge is 0.0340 e. The molecule has 0 spiro atoms. The van der Waals surface area contributed by atoms with Gasteiger partial charge in [0, 0.05) is 16.6 Å². The van der Waals surface area contributed by atoms with E-state index in [1.165, 1.54) is 27.8 Å². The van der Waals surface area contributed by atoms with Gasteiger partial charge in [0.25, 0.3) is 0 Å². The van der Waals surface area contributed by atoms with E-state index in [-0.39, 0.29) is 5.92 Å². The highest BCUT2D eigenvalue weighted by Gasteiger charge is 2.17. The van der Waals surface area contributed by atoms with Crippen molar-refractivity contribution in [3.63, 3.8) is 0 Å². The summed E-state index contributed by atoms with van der Waals surface area (Å²) in [6.07, 6.45) is 0. The van der Waals surface area contributed by atoms with Crippen molar-refractivity contribution in [2.45, 2.75) is 16.6 Å². The molecule has 3 rings (SSSR count). The summed E-state index contributed by atoms with van der Waals surface area (Å²) in [5.41, 5.74) is 6.60. The topological polar surface area (TPSA) is 0 Å². The molecule has 3 aromatic carbocycles. The normalized spacial score (nSPS) is 10.9. The molecule has 0 fully saturated rings. The Morgan fingerprint density at radius 1 is 0.565 bits per heavy atom. The maximum atomic E-state index is 3.57. The van der Waals surface area contributed by atoms with E-state index in [0.717, 1.165) is 10.7 Å². The maximum absolute atomic E-state index is 3.57. The lowest BCUT2D eigenvalue weighted by atomic mass is 9.84. The number of hydrogen-bond acceptors (Lipinski definition) is 0. The SMILES string of the molecule is BrCc1cccc(C(c2ccccc2)c2cccc(CBr)c2)c1. The van der Waals surface area contributed by atoms with Gasteiger partial charge >= 0.3 is 0 Å². The number of alkyl halides is 2. The Labute approximate surface area is 154 Å². The van der Waals surface area contributed by atoms with Crippen LogP contribution in [-0.2, 0) is 10.7 Å². The number of benzene rings is 3. The first kappa shape index (κ1) is 16.5. The molecule has 0 radical (unpaired) electrons. The fraction of sp³-hybridized carbons (Fsp3) is 0.143. The highest BCUT2D eigenvalue weighted by atomic mass is 79.9. The van der Waals surface area contributed by atoms with Crippen molar-refractivity contribution in [1.29, 1.82) is 0 Å². The summed E-state index contributed by atoms with van der Waals surface area (Å²) in [7, 11) is 0. The largest absolute Gasteiger partial charge is 0.0876 e. The van der Waals surface area contributed by atoms with Crippen LogP contribution in [0.25, 0.3) is 0 Å². The summed E-state index contributed by atoms with van der Waals surface area (Å²) < 4.78 is 0. The molecule has 0 amide bonds. The summed E-state index contributed by atoms with van der Waals surface area (Å²) in [5.74, 6) is 0.259. The molecular formula is C21H18Br2. The molecule has 0 N–H and O–H groups in total. The van der Waals surface area contributed by atoms with E-state index in [1.807, 2.05) is 0 Å². The zero-order valence-electron chi connectivity index (χ0n) is 12.8. The second-order valence-electron chi connectivity index (χ2n) is 5.60. The molecule has 0 nitrogen and oxygen atoms in total. The molecule has 23 heavy (non-hydrogen) atoms. The van der Waals surface area contributed by atoms with Crippen LogP contribution in [0.2, 0.25) is 0 Å². The molecule has 0 saturated carbocycles. The molecule has 0 aliphatic carbocycles. The zero-order valence-corrected chi connectivity index (χ0v) is 15.9. The average Bonchev–Trinajstić information content (AvgIpc) is 2.63. The van der Waals surface area contributed by atoms with Crippen LogP contribution in [0.5, 0.6) is 0 Å². The molecule has 0 aromatic heterocycles. The first-order valence-corrected chi connectivity index (χ1v) is 9.90. The highest BCUT2D eigenvalue weighted by Crippen LogP contribution is 2.33. The van der Waals surface area contributed by atoms with Crippen molar-refractivity contribution in [2.75, 3.05) is 0 Å². The molecule has 0 saturated heterocycles. The van der Waals surface area contributed by atoms with E-state index in [9.17, 15) is 0 Å². The van der Waals surface area contributed by atoms with Crippen LogP contribution in [-0.4, -0.2) is 0 Å². The minimum atomic E-state index is 0.259. The van der Waals surface area contributed by atoms with Crippen LogP contribution in [0.1, 0.15) is 33.7 Å². The molecular weight excluding hydrogens is 412 g/mol. The van der Waals surface area contributed by atoms with Crippen molar-refractivity contribution in [1.82, 2.24) is 0 Å². The van der Waals surface area contributed by atoms with Crippen molar-refractivity contribution in [2.24, 2.45) is 0 Å².